The van der Waals surface area contributed by atoms with Crippen molar-refractivity contribution in [2.75, 3.05) is 19.8 Å². The van der Waals surface area contributed by atoms with Gasteiger partial charge in [-0.1, -0.05) is 18.2 Å². The van der Waals surface area contributed by atoms with Gasteiger partial charge in [0.15, 0.2) is 23.9 Å². The maximum Gasteiger partial charge on any atom is 0.200 e. The highest BCUT2D eigenvalue weighted by Crippen LogP contribution is 2.30. The molecular weight excluding hydrogens is 268 g/mol. The molecule has 0 saturated carbocycles. The van der Waals surface area contributed by atoms with E-state index in [-0.39, 0.29) is 12.4 Å². The van der Waals surface area contributed by atoms with Gasteiger partial charge in [0.05, 0.1) is 13.2 Å². The third-order valence-electron chi connectivity index (χ3n) is 3.18. The summed E-state index contributed by atoms with van der Waals surface area (Å²) in [6, 6.07) is 14.5. The van der Waals surface area contributed by atoms with Gasteiger partial charge in [-0.15, -0.1) is 0 Å². The molecule has 0 bridgehead atoms. The van der Waals surface area contributed by atoms with E-state index in [0.717, 1.165) is 6.42 Å². The largest absolute Gasteiger partial charge is 0.490 e. The lowest BCUT2D eigenvalue weighted by molar-refractivity contribution is 0.0921. The molecule has 0 aliphatic carbocycles. The summed E-state index contributed by atoms with van der Waals surface area (Å²) in [5.41, 5.74) is 0.565. The Kier molecular flexibility index (Phi) is 4.05. The van der Waals surface area contributed by atoms with Crippen molar-refractivity contribution < 1.29 is 19.0 Å². The molecule has 108 valence electrons. The van der Waals surface area contributed by atoms with Gasteiger partial charge in [-0.3, -0.25) is 4.79 Å². The van der Waals surface area contributed by atoms with Gasteiger partial charge in [0.2, 0.25) is 0 Å². The Morgan fingerprint density at radius 2 is 1.76 bits per heavy atom. The fourth-order valence-electron chi connectivity index (χ4n) is 2.09. The summed E-state index contributed by atoms with van der Waals surface area (Å²) in [6.07, 6.45) is 0.842. The van der Waals surface area contributed by atoms with E-state index in [1.165, 1.54) is 0 Å². The van der Waals surface area contributed by atoms with Crippen molar-refractivity contribution in [2.45, 2.75) is 6.42 Å². The second-order valence-electron chi connectivity index (χ2n) is 4.74. The van der Waals surface area contributed by atoms with Crippen LogP contribution < -0.4 is 14.2 Å². The molecule has 0 N–H and O–H groups in total. The second-order valence-corrected chi connectivity index (χ2v) is 4.74. The first-order chi connectivity index (χ1) is 10.3. The summed E-state index contributed by atoms with van der Waals surface area (Å²) in [6.45, 7) is 1.24. The normalized spacial score (nSPS) is 13.3. The zero-order chi connectivity index (χ0) is 14.5. The molecule has 4 heteroatoms. The van der Waals surface area contributed by atoms with E-state index < -0.39 is 0 Å². The third kappa shape index (κ3) is 3.34. The van der Waals surface area contributed by atoms with Crippen LogP contribution in [0.2, 0.25) is 0 Å². The third-order valence-corrected chi connectivity index (χ3v) is 3.18. The molecule has 0 radical (unpaired) electrons. The van der Waals surface area contributed by atoms with Crippen molar-refractivity contribution in [1.82, 2.24) is 0 Å². The number of carbonyl (C=O) groups is 1. The minimum absolute atomic E-state index is 0.00363. The van der Waals surface area contributed by atoms with Crippen LogP contribution in [0.1, 0.15) is 16.8 Å². The summed E-state index contributed by atoms with van der Waals surface area (Å²) in [7, 11) is 0. The average Bonchev–Trinajstić information content (AvgIpc) is 2.78. The van der Waals surface area contributed by atoms with Crippen molar-refractivity contribution >= 4 is 5.78 Å². The van der Waals surface area contributed by atoms with Crippen molar-refractivity contribution in [1.29, 1.82) is 0 Å². The number of hydrogen-bond acceptors (Lipinski definition) is 4. The van der Waals surface area contributed by atoms with E-state index in [1.807, 2.05) is 30.3 Å². The Morgan fingerprint density at radius 1 is 1.00 bits per heavy atom. The predicted octanol–water partition coefficient (Wildman–Crippen LogP) is 3.11. The SMILES string of the molecule is O=C(COc1ccccc1)c1ccc2c(c1)OCCCO2. The highest BCUT2D eigenvalue weighted by Gasteiger charge is 2.14. The number of carbonyl (C=O) groups excluding carboxylic acids is 1. The number of hydrogen-bond donors (Lipinski definition) is 0. The molecule has 21 heavy (non-hydrogen) atoms. The average molecular weight is 284 g/mol. The molecule has 0 unspecified atom stereocenters. The van der Waals surface area contributed by atoms with Gasteiger partial charge in [0.1, 0.15) is 5.75 Å². The molecule has 1 heterocycles. The van der Waals surface area contributed by atoms with Crippen LogP contribution >= 0.6 is 0 Å². The minimum Gasteiger partial charge on any atom is -0.490 e. The first-order valence-corrected chi connectivity index (χ1v) is 6.93. The van der Waals surface area contributed by atoms with Gasteiger partial charge in [0.25, 0.3) is 0 Å². The fraction of sp³-hybridized carbons (Fsp3) is 0.235. The first kappa shape index (κ1) is 13.5. The molecule has 3 rings (SSSR count). The fourth-order valence-corrected chi connectivity index (χ4v) is 2.09. The Hall–Kier alpha value is -2.49. The summed E-state index contributed by atoms with van der Waals surface area (Å²) in [4.78, 5) is 12.2. The maximum absolute atomic E-state index is 12.2. The Balaban J connectivity index is 1.68. The standard InChI is InChI=1S/C17H16O4/c18-15(12-21-14-5-2-1-3-6-14)13-7-8-16-17(11-13)20-10-4-9-19-16/h1-3,5-8,11H,4,9-10,12H2. The molecule has 0 saturated heterocycles. The molecular formula is C17H16O4. The van der Waals surface area contributed by atoms with Crippen molar-refractivity contribution in [3.8, 4) is 17.2 Å². The van der Waals surface area contributed by atoms with Crippen molar-refractivity contribution in [3.05, 3.63) is 54.1 Å². The molecule has 0 amide bonds. The Bertz CT molecular complexity index is 622. The molecule has 0 atom stereocenters. The number of Topliss-reactive ketones (excluding diaryl/α,β-unsaturated/α-hetero) is 1. The molecule has 2 aromatic rings. The zero-order valence-corrected chi connectivity index (χ0v) is 11.6. The summed E-state index contributed by atoms with van der Waals surface area (Å²) in [5, 5.41) is 0. The van der Waals surface area contributed by atoms with Crippen LogP contribution in [0.5, 0.6) is 17.2 Å². The monoisotopic (exact) mass is 284 g/mol. The topological polar surface area (TPSA) is 44.8 Å². The van der Waals surface area contributed by atoms with Gasteiger partial charge in [0, 0.05) is 12.0 Å². The number of rotatable bonds is 4. The smallest absolute Gasteiger partial charge is 0.200 e. The summed E-state index contributed by atoms with van der Waals surface area (Å²) < 4.78 is 16.6. The lowest BCUT2D eigenvalue weighted by Crippen LogP contribution is -2.11. The van der Waals surface area contributed by atoms with E-state index in [4.69, 9.17) is 14.2 Å². The second kappa shape index (κ2) is 6.31. The molecule has 2 aromatic carbocycles. The van der Waals surface area contributed by atoms with Crippen LogP contribution in [-0.4, -0.2) is 25.6 Å². The Morgan fingerprint density at radius 3 is 2.57 bits per heavy atom. The predicted molar refractivity (Wildman–Crippen MR) is 78.3 cm³/mol. The van der Waals surface area contributed by atoms with Crippen molar-refractivity contribution in [3.63, 3.8) is 0 Å². The van der Waals surface area contributed by atoms with E-state index in [9.17, 15) is 4.79 Å². The van der Waals surface area contributed by atoms with Gasteiger partial charge >= 0.3 is 0 Å². The lowest BCUT2D eigenvalue weighted by Gasteiger charge is -2.09. The van der Waals surface area contributed by atoms with E-state index in [2.05, 4.69) is 0 Å². The number of benzene rings is 2. The zero-order valence-electron chi connectivity index (χ0n) is 11.6. The molecule has 1 aliphatic rings. The molecule has 4 nitrogen and oxygen atoms in total. The summed E-state index contributed by atoms with van der Waals surface area (Å²) in [5.74, 6) is 1.90. The molecule has 0 spiro atoms. The van der Waals surface area contributed by atoms with Gasteiger partial charge in [-0.05, 0) is 30.3 Å². The number of ketones is 1. The van der Waals surface area contributed by atoms with Gasteiger partial charge in [-0.2, -0.15) is 0 Å². The lowest BCUT2D eigenvalue weighted by atomic mass is 10.1. The molecule has 0 aromatic heterocycles. The number of para-hydroxylation sites is 1. The van der Waals surface area contributed by atoms with E-state index in [0.29, 0.717) is 36.0 Å². The number of ether oxygens (including phenoxy) is 3. The van der Waals surface area contributed by atoms with Gasteiger partial charge in [-0.25, -0.2) is 0 Å². The minimum atomic E-state index is -0.0884. The van der Waals surface area contributed by atoms with Crippen LogP contribution in [0.3, 0.4) is 0 Å². The first-order valence-electron chi connectivity index (χ1n) is 6.93. The number of fused-ring (bicyclic) bond motifs is 1. The van der Waals surface area contributed by atoms with Crippen LogP contribution in [0.15, 0.2) is 48.5 Å². The van der Waals surface area contributed by atoms with E-state index in [1.54, 1.807) is 18.2 Å². The molecule has 1 aliphatic heterocycles. The van der Waals surface area contributed by atoms with E-state index >= 15 is 0 Å². The van der Waals surface area contributed by atoms with Crippen LogP contribution in [0.4, 0.5) is 0 Å². The quantitative estimate of drug-likeness (QED) is 0.809. The van der Waals surface area contributed by atoms with Crippen molar-refractivity contribution in [2.24, 2.45) is 0 Å². The van der Waals surface area contributed by atoms with Crippen LogP contribution in [-0.2, 0) is 0 Å². The van der Waals surface area contributed by atoms with Crippen LogP contribution in [0.25, 0.3) is 0 Å². The maximum atomic E-state index is 12.2. The molecule has 0 fully saturated rings. The van der Waals surface area contributed by atoms with Gasteiger partial charge < -0.3 is 14.2 Å². The summed E-state index contributed by atoms with van der Waals surface area (Å²) >= 11 is 0. The highest BCUT2D eigenvalue weighted by atomic mass is 16.5. The highest BCUT2D eigenvalue weighted by molar-refractivity contribution is 5.97. The Labute approximate surface area is 123 Å². The van der Waals surface area contributed by atoms with Crippen LogP contribution in [0, 0.1) is 0 Å².